The number of carbonyl (C=O) groups is 1. The quantitative estimate of drug-likeness (QED) is 0.778. The summed E-state index contributed by atoms with van der Waals surface area (Å²) >= 11 is 0. The standard InChI is InChI=1S/C16H15N5O2/c1-23-15-8-7-13(10-14(15)21-11-17-19-20-21)18-16(22)9-12-5-3-2-4-6-12/h2-8,10-11H,9H2,1H3,(H,18,22). The SMILES string of the molecule is COc1ccc(NC(=O)Cc2ccccc2)cc1-n1cnnn1. The molecule has 7 nitrogen and oxygen atoms in total. The molecule has 1 heterocycles. The molecule has 0 saturated heterocycles. The van der Waals surface area contributed by atoms with E-state index in [0.29, 0.717) is 23.5 Å². The molecule has 0 bridgehead atoms. The average Bonchev–Trinajstić information content (AvgIpc) is 3.10. The van der Waals surface area contributed by atoms with Gasteiger partial charge < -0.3 is 10.1 Å². The third-order valence-corrected chi connectivity index (χ3v) is 3.27. The van der Waals surface area contributed by atoms with Crippen molar-refractivity contribution in [2.45, 2.75) is 6.42 Å². The lowest BCUT2D eigenvalue weighted by Gasteiger charge is -2.11. The van der Waals surface area contributed by atoms with Crippen molar-refractivity contribution in [1.82, 2.24) is 20.2 Å². The summed E-state index contributed by atoms with van der Waals surface area (Å²) in [6, 6.07) is 14.9. The summed E-state index contributed by atoms with van der Waals surface area (Å²) in [6.45, 7) is 0. The summed E-state index contributed by atoms with van der Waals surface area (Å²) in [5.41, 5.74) is 2.26. The lowest BCUT2D eigenvalue weighted by molar-refractivity contribution is -0.115. The van der Waals surface area contributed by atoms with E-state index in [2.05, 4.69) is 20.8 Å². The van der Waals surface area contributed by atoms with Gasteiger partial charge in [-0.05, 0) is 34.2 Å². The molecule has 0 spiro atoms. The summed E-state index contributed by atoms with van der Waals surface area (Å²) in [6.07, 6.45) is 1.78. The Balaban J connectivity index is 1.78. The predicted octanol–water partition coefficient (Wildman–Crippen LogP) is 1.85. The van der Waals surface area contributed by atoms with Crippen LogP contribution in [0.5, 0.6) is 5.75 Å². The van der Waals surface area contributed by atoms with Crippen LogP contribution in [0.2, 0.25) is 0 Å². The van der Waals surface area contributed by atoms with Crippen molar-refractivity contribution in [1.29, 1.82) is 0 Å². The molecule has 1 N–H and O–H groups in total. The number of tetrazole rings is 1. The molecule has 23 heavy (non-hydrogen) atoms. The molecule has 0 aliphatic carbocycles. The Morgan fingerprint density at radius 1 is 1.22 bits per heavy atom. The maximum atomic E-state index is 12.1. The number of ether oxygens (including phenoxy) is 1. The number of methoxy groups -OCH3 is 1. The number of hydrogen-bond acceptors (Lipinski definition) is 5. The van der Waals surface area contributed by atoms with Gasteiger partial charge in [0.1, 0.15) is 17.8 Å². The third-order valence-electron chi connectivity index (χ3n) is 3.27. The molecular weight excluding hydrogens is 294 g/mol. The fraction of sp³-hybridized carbons (Fsp3) is 0.125. The van der Waals surface area contributed by atoms with E-state index in [1.165, 1.54) is 11.0 Å². The van der Waals surface area contributed by atoms with Crippen molar-refractivity contribution in [2.24, 2.45) is 0 Å². The highest BCUT2D eigenvalue weighted by Gasteiger charge is 2.10. The molecule has 7 heteroatoms. The van der Waals surface area contributed by atoms with Crippen LogP contribution in [0.3, 0.4) is 0 Å². The number of rotatable bonds is 5. The number of carbonyl (C=O) groups excluding carboxylic acids is 1. The van der Waals surface area contributed by atoms with Gasteiger partial charge in [-0.1, -0.05) is 30.3 Å². The molecule has 1 amide bonds. The summed E-state index contributed by atoms with van der Waals surface area (Å²) in [5.74, 6) is 0.516. The van der Waals surface area contributed by atoms with Gasteiger partial charge in [0.15, 0.2) is 0 Å². The van der Waals surface area contributed by atoms with Crippen molar-refractivity contribution in [3.05, 3.63) is 60.4 Å². The number of nitrogens with zero attached hydrogens (tertiary/aromatic N) is 4. The van der Waals surface area contributed by atoms with Crippen LogP contribution in [0.1, 0.15) is 5.56 Å². The highest BCUT2D eigenvalue weighted by molar-refractivity contribution is 5.92. The van der Waals surface area contributed by atoms with Crippen LogP contribution >= 0.6 is 0 Å². The second-order valence-corrected chi connectivity index (χ2v) is 4.85. The van der Waals surface area contributed by atoms with E-state index < -0.39 is 0 Å². The molecule has 2 aromatic carbocycles. The van der Waals surface area contributed by atoms with Crippen LogP contribution in [-0.2, 0) is 11.2 Å². The van der Waals surface area contributed by atoms with E-state index in [4.69, 9.17) is 4.74 Å². The predicted molar refractivity (Wildman–Crippen MR) is 84.5 cm³/mol. The number of nitrogens with one attached hydrogen (secondary N) is 1. The molecule has 3 rings (SSSR count). The van der Waals surface area contributed by atoms with Gasteiger partial charge in [0, 0.05) is 5.69 Å². The molecule has 0 aliphatic heterocycles. The maximum Gasteiger partial charge on any atom is 0.228 e. The van der Waals surface area contributed by atoms with E-state index in [1.807, 2.05) is 30.3 Å². The maximum absolute atomic E-state index is 12.1. The van der Waals surface area contributed by atoms with E-state index in [0.717, 1.165) is 5.56 Å². The molecule has 1 aromatic heterocycles. The van der Waals surface area contributed by atoms with Crippen molar-refractivity contribution in [3.8, 4) is 11.4 Å². The molecular formula is C16H15N5O2. The number of aromatic nitrogens is 4. The Labute approximate surface area is 132 Å². The Kier molecular flexibility index (Phi) is 4.28. The Bertz CT molecular complexity index is 787. The van der Waals surface area contributed by atoms with Crippen LogP contribution in [-0.4, -0.2) is 33.2 Å². The van der Waals surface area contributed by atoms with E-state index in [1.54, 1.807) is 25.3 Å². The lowest BCUT2D eigenvalue weighted by Crippen LogP contribution is -2.14. The number of amides is 1. The highest BCUT2D eigenvalue weighted by atomic mass is 16.5. The van der Waals surface area contributed by atoms with Crippen molar-refractivity contribution in [3.63, 3.8) is 0 Å². The van der Waals surface area contributed by atoms with Gasteiger partial charge in [0.05, 0.1) is 13.5 Å². The zero-order chi connectivity index (χ0) is 16.1. The van der Waals surface area contributed by atoms with E-state index in [9.17, 15) is 4.79 Å². The largest absolute Gasteiger partial charge is 0.494 e. The minimum Gasteiger partial charge on any atom is -0.494 e. The topological polar surface area (TPSA) is 81.9 Å². The third kappa shape index (κ3) is 3.52. The molecule has 0 aliphatic rings. The smallest absolute Gasteiger partial charge is 0.228 e. The van der Waals surface area contributed by atoms with Crippen LogP contribution in [0, 0.1) is 0 Å². The fourth-order valence-corrected chi connectivity index (χ4v) is 2.20. The minimum atomic E-state index is -0.0935. The fourth-order valence-electron chi connectivity index (χ4n) is 2.20. The van der Waals surface area contributed by atoms with Crippen molar-refractivity contribution >= 4 is 11.6 Å². The van der Waals surface area contributed by atoms with Gasteiger partial charge >= 0.3 is 0 Å². The molecule has 0 unspecified atom stereocenters. The zero-order valence-electron chi connectivity index (χ0n) is 12.5. The number of hydrogen-bond donors (Lipinski definition) is 1. The lowest BCUT2D eigenvalue weighted by atomic mass is 10.1. The van der Waals surface area contributed by atoms with Gasteiger partial charge in [-0.25, -0.2) is 0 Å². The van der Waals surface area contributed by atoms with Gasteiger partial charge in [0.2, 0.25) is 5.91 Å². The van der Waals surface area contributed by atoms with Crippen molar-refractivity contribution < 1.29 is 9.53 Å². The van der Waals surface area contributed by atoms with E-state index in [-0.39, 0.29) is 5.91 Å². The summed E-state index contributed by atoms with van der Waals surface area (Å²) in [4.78, 5) is 12.1. The first kappa shape index (κ1) is 14.7. The second kappa shape index (κ2) is 6.69. The first-order valence-electron chi connectivity index (χ1n) is 7.01. The Morgan fingerprint density at radius 3 is 2.74 bits per heavy atom. The molecule has 3 aromatic rings. The molecule has 0 atom stereocenters. The summed E-state index contributed by atoms with van der Waals surface area (Å²) in [7, 11) is 1.57. The minimum absolute atomic E-state index is 0.0935. The number of anilines is 1. The van der Waals surface area contributed by atoms with Crippen LogP contribution < -0.4 is 10.1 Å². The van der Waals surface area contributed by atoms with Crippen LogP contribution in [0.4, 0.5) is 5.69 Å². The van der Waals surface area contributed by atoms with Crippen molar-refractivity contribution in [2.75, 3.05) is 12.4 Å². The van der Waals surface area contributed by atoms with Crippen LogP contribution in [0.15, 0.2) is 54.9 Å². The number of benzene rings is 2. The van der Waals surface area contributed by atoms with Gasteiger partial charge in [0.25, 0.3) is 0 Å². The van der Waals surface area contributed by atoms with Gasteiger partial charge in [-0.15, -0.1) is 5.10 Å². The Hall–Kier alpha value is -3.22. The van der Waals surface area contributed by atoms with Crippen LogP contribution in [0.25, 0.3) is 5.69 Å². The zero-order valence-corrected chi connectivity index (χ0v) is 12.5. The second-order valence-electron chi connectivity index (χ2n) is 4.85. The molecule has 116 valence electrons. The normalized spacial score (nSPS) is 10.3. The first-order chi connectivity index (χ1) is 11.3. The van der Waals surface area contributed by atoms with Gasteiger partial charge in [-0.3, -0.25) is 4.79 Å². The first-order valence-corrected chi connectivity index (χ1v) is 7.01. The molecule has 0 saturated carbocycles. The highest BCUT2D eigenvalue weighted by Crippen LogP contribution is 2.25. The average molecular weight is 309 g/mol. The summed E-state index contributed by atoms with van der Waals surface area (Å²) in [5, 5.41) is 13.9. The summed E-state index contributed by atoms with van der Waals surface area (Å²) < 4.78 is 6.77. The molecule has 0 radical (unpaired) electrons. The van der Waals surface area contributed by atoms with Gasteiger partial charge in [-0.2, -0.15) is 4.68 Å². The molecule has 0 fully saturated rings. The monoisotopic (exact) mass is 309 g/mol. The van der Waals surface area contributed by atoms with E-state index >= 15 is 0 Å². The Morgan fingerprint density at radius 2 is 2.04 bits per heavy atom.